The van der Waals surface area contributed by atoms with Crippen LogP contribution in [-0.4, -0.2) is 80.7 Å². The number of guanidine groups is 1. The zero-order valence-corrected chi connectivity index (χ0v) is 18.6. The summed E-state index contributed by atoms with van der Waals surface area (Å²) in [4.78, 5) is 20.5. The molecule has 1 amide bonds. The van der Waals surface area contributed by atoms with E-state index in [2.05, 4.69) is 50.9 Å². The highest BCUT2D eigenvalue weighted by atomic mass is 16.5. The Morgan fingerprint density at radius 2 is 1.90 bits per heavy atom. The molecule has 0 aromatic heterocycles. The Kier molecular flexibility index (Phi) is 8.92. The Morgan fingerprint density at radius 1 is 1.24 bits per heavy atom. The highest BCUT2D eigenvalue weighted by molar-refractivity contribution is 5.85. The van der Waals surface area contributed by atoms with E-state index >= 15 is 0 Å². The number of rotatable bonds is 8. The zero-order chi connectivity index (χ0) is 21.3. The predicted molar refractivity (Wildman–Crippen MR) is 118 cm³/mol. The van der Waals surface area contributed by atoms with E-state index in [4.69, 9.17) is 4.74 Å². The first kappa shape index (κ1) is 23.2. The van der Waals surface area contributed by atoms with Crippen LogP contribution in [0, 0.1) is 0 Å². The third-order valence-electron chi connectivity index (χ3n) is 5.28. The van der Waals surface area contributed by atoms with Gasteiger partial charge < -0.3 is 20.3 Å². The van der Waals surface area contributed by atoms with Crippen LogP contribution in [0.5, 0.6) is 0 Å². The van der Waals surface area contributed by atoms with E-state index in [9.17, 15) is 4.79 Å². The van der Waals surface area contributed by atoms with Gasteiger partial charge in [-0.15, -0.1) is 0 Å². The van der Waals surface area contributed by atoms with Gasteiger partial charge in [-0.3, -0.25) is 9.69 Å². The molecule has 1 aliphatic rings. The van der Waals surface area contributed by atoms with Crippen LogP contribution < -0.4 is 10.6 Å². The third kappa shape index (κ3) is 8.41. The SMILES string of the molecule is COC(C)(C)CNC(=NCC(=O)N(C)C)NC1CCN(Cc2ccccc2)CC1. The number of aliphatic imine (C=N–C) groups is 1. The molecule has 7 heteroatoms. The summed E-state index contributed by atoms with van der Waals surface area (Å²) >= 11 is 0. The van der Waals surface area contributed by atoms with Crippen LogP contribution >= 0.6 is 0 Å². The normalized spacial score (nSPS) is 16.5. The van der Waals surface area contributed by atoms with E-state index in [0.717, 1.165) is 32.5 Å². The minimum Gasteiger partial charge on any atom is -0.377 e. The lowest BCUT2D eigenvalue weighted by Gasteiger charge is -2.33. The van der Waals surface area contributed by atoms with Crippen molar-refractivity contribution in [2.24, 2.45) is 4.99 Å². The van der Waals surface area contributed by atoms with E-state index in [0.29, 0.717) is 18.5 Å². The molecule has 1 heterocycles. The Hall–Kier alpha value is -2.12. The lowest BCUT2D eigenvalue weighted by molar-refractivity contribution is -0.127. The molecule has 0 saturated carbocycles. The van der Waals surface area contributed by atoms with Gasteiger partial charge in [0.2, 0.25) is 5.91 Å². The lowest BCUT2D eigenvalue weighted by atomic mass is 10.0. The number of likely N-dealkylation sites (tertiary alicyclic amines) is 1. The summed E-state index contributed by atoms with van der Waals surface area (Å²) in [5.74, 6) is 0.654. The van der Waals surface area contributed by atoms with Gasteiger partial charge in [-0.25, -0.2) is 4.99 Å². The van der Waals surface area contributed by atoms with Gasteiger partial charge in [0, 0.05) is 53.4 Å². The molecule has 0 aliphatic carbocycles. The minimum absolute atomic E-state index is 0.0187. The molecule has 0 radical (unpaired) electrons. The maximum absolute atomic E-state index is 11.9. The summed E-state index contributed by atoms with van der Waals surface area (Å²) in [6.07, 6.45) is 2.09. The van der Waals surface area contributed by atoms with Crippen molar-refractivity contribution in [1.82, 2.24) is 20.4 Å². The number of nitrogens with one attached hydrogen (secondary N) is 2. The van der Waals surface area contributed by atoms with Crippen LogP contribution in [0.4, 0.5) is 0 Å². The number of methoxy groups -OCH3 is 1. The van der Waals surface area contributed by atoms with Crippen LogP contribution in [0.3, 0.4) is 0 Å². The molecule has 2 N–H and O–H groups in total. The molecule has 0 unspecified atom stereocenters. The fourth-order valence-corrected chi connectivity index (χ4v) is 3.08. The lowest BCUT2D eigenvalue weighted by Crippen LogP contribution is -2.51. The van der Waals surface area contributed by atoms with Gasteiger partial charge >= 0.3 is 0 Å². The number of piperidine rings is 1. The van der Waals surface area contributed by atoms with Crippen LogP contribution in [0.25, 0.3) is 0 Å². The largest absolute Gasteiger partial charge is 0.377 e. The van der Waals surface area contributed by atoms with Gasteiger partial charge in [-0.2, -0.15) is 0 Å². The van der Waals surface area contributed by atoms with Crippen LogP contribution in [0.15, 0.2) is 35.3 Å². The van der Waals surface area contributed by atoms with Gasteiger partial charge in [-0.05, 0) is 32.3 Å². The molecule has 29 heavy (non-hydrogen) atoms. The molecule has 162 valence electrons. The number of carbonyl (C=O) groups excluding carboxylic acids is 1. The number of likely N-dealkylation sites (N-methyl/N-ethyl adjacent to an activating group) is 1. The molecule has 0 bridgehead atoms. The molecule has 1 aromatic rings. The van der Waals surface area contributed by atoms with Crippen molar-refractivity contribution >= 4 is 11.9 Å². The third-order valence-corrected chi connectivity index (χ3v) is 5.28. The van der Waals surface area contributed by atoms with E-state index in [-0.39, 0.29) is 18.1 Å². The average molecular weight is 404 g/mol. The Balaban J connectivity index is 1.89. The van der Waals surface area contributed by atoms with Gasteiger partial charge in [0.25, 0.3) is 0 Å². The van der Waals surface area contributed by atoms with Crippen LogP contribution in [0.1, 0.15) is 32.3 Å². The highest BCUT2D eigenvalue weighted by Crippen LogP contribution is 2.14. The van der Waals surface area contributed by atoms with Crippen molar-refractivity contribution < 1.29 is 9.53 Å². The summed E-state index contributed by atoms with van der Waals surface area (Å²) in [6, 6.07) is 10.9. The summed E-state index contributed by atoms with van der Waals surface area (Å²) in [5.41, 5.74) is 1.04. The second-order valence-corrected chi connectivity index (χ2v) is 8.45. The van der Waals surface area contributed by atoms with Crippen LogP contribution in [0.2, 0.25) is 0 Å². The van der Waals surface area contributed by atoms with Gasteiger partial charge in [0.1, 0.15) is 6.54 Å². The summed E-state index contributed by atoms with van der Waals surface area (Å²) in [7, 11) is 5.19. The van der Waals surface area contributed by atoms with Gasteiger partial charge in [0.05, 0.1) is 5.60 Å². The van der Waals surface area contributed by atoms with Gasteiger partial charge in [0.15, 0.2) is 5.96 Å². The van der Waals surface area contributed by atoms with Crippen LogP contribution in [-0.2, 0) is 16.1 Å². The Bertz CT molecular complexity index is 652. The molecular weight excluding hydrogens is 366 g/mol. The molecule has 2 rings (SSSR count). The molecule has 1 aliphatic heterocycles. The first-order valence-electron chi connectivity index (χ1n) is 10.4. The van der Waals surface area contributed by atoms with Crippen molar-refractivity contribution in [3.05, 3.63) is 35.9 Å². The summed E-state index contributed by atoms with van der Waals surface area (Å²) < 4.78 is 5.49. The standard InChI is InChI=1S/C22H37N5O2/c1-22(2,29-5)17-24-21(23-15-20(28)26(3)4)25-19-11-13-27(14-12-19)16-18-9-7-6-8-10-18/h6-10,19H,11-17H2,1-5H3,(H2,23,24,25). The smallest absolute Gasteiger partial charge is 0.243 e. The Morgan fingerprint density at radius 3 is 2.48 bits per heavy atom. The molecular formula is C22H37N5O2. The second-order valence-electron chi connectivity index (χ2n) is 8.45. The van der Waals surface area contributed by atoms with E-state index in [1.165, 1.54) is 5.56 Å². The predicted octanol–water partition coefficient (Wildman–Crippen LogP) is 1.70. The molecule has 1 fully saturated rings. The monoisotopic (exact) mass is 403 g/mol. The first-order chi connectivity index (χ1) is 13.8. The molecule has 1 saturated heterocycles. The number of hydrogen-bond acceptors (Lipinski definition) is 4. The summed E-state index contributed by atoms with van der Waals surface area (Å²) in [6.45, 7) is 7.85. The second kappa shape index (κ2) is 11.2. The maximum Gasteiger partial charge on any atom is 0.243 e. The van der Waals surface area contributed by atoms with Crippen molar-refractivity contribution in [3.8, 4) is 0 Å². The number of ether oxygens (including phenoxy) is 1. The average Bonchev–Trinajstić information content (AvgIpc) is 2.71. The molecule has 0 spiro atoms. The topological polar surface area (TPSA) is 69.2 Å². The molecule has 7 nitrogen and oxygen atoms in total. The van der Waals surface area contributed by atoms with E-state index in [1.807, 2.05) is 13.8 Å². The number of benzene rings is 1. The summed E-state index contributed by atoms with van der Waals surface area (Å²) in [5, 5.41) is 6.85. The van der Waals surface area contributed by atoms with Crippen molar-refractivity contribution in [3.63, 3.8) is 0 Å². The number of nitrogens with zero attached hydrogens (tertiary/aromatic N) is 3. The zero-order valence-electron chi connectivity index (χ0n) is 18.6. The first-order valence-corrected chi connectivity index (χ1v) is 10.4. The highest BCUT2D eigenvalue weighted by Gasteiger charge is 2.22. The number of hydrogen-bond donors (Lipinski definition) is 2. The number of carbonyl (C=O) groups is 1. The minimum atomic E-state index is -0.312. The Labute approximate surface area is 175 Å². The fraction of sp³-hybridized carbons (Fsp3) is 0.636. The fourth-order valence-electron chi connectivity index (χ4n) is 3.08. The molecule has 0 atom stereocenters. The van der Waals surface area contributed by atoms with Crippen molar-refractivity contribution in [2.75, 3.05) is 47.4 Å². The van der Waals surface area contributed by atoms with Crippen molar-refractivity contribution in [1.29, 1.82) is 0 Å². The number of amides is 1. The maximum atomic E-state index is 11.9. The van der Waals surface area contributed by atoms with Crippen molar-refractivity contribution in [2.45, 2.75) is 44.9 Å². The molecule has 1 aromatic carbocycles. The van der Waals surface area contributed by atoms with Gasteiger partial charge in [-0.1, -0.05) is 30.3 Å². The van der Waals surface area contributed by atoms with E-state index < -0.39 is 0 Å². The van der Waals surface area contributed by atoms with E-state index in [1.54, 1.807) is 26.1 Å². The quantitative estimate of drug-likeness (QED) is 0.511.